The molecule has 0 bridgehead atoms. The Labute approximate surface area is 110 Å². The van der Waals surface area contributed by atoms with Crippen molar-refractivity contribution in [3.63, 3.8) is 0 Å². The maximum absolute atomic E-state index is 11.2. The normalized spacial score (nSPS) is 21.6. The first-order chi connectivity index (χ1) is 8.53. The van der Waals surface area contributed by atoms with Crippen molar-refractivity contribution in [3.8, 4) is 0 Å². The van der Waals surface area contributed by atoms with E-state index in [1.807, 2.05) is 0 Å². The van der Waals surface area contributed by atoms with Gasteiger partial charge in [-0.25, -0.2) is 0 Å². The Morgan fingerprint density at radius 2 is 1.83 bits per heavy atom. The zero-order valence-corrected chi connectivity index (χ0v) is 11.9. The number of aliphatic carboxylic acids is 1. The Morgan fingerprint density at radius 1 is 1.28 bits per heavy atom. The minimum Gasteiger partial charge on any atom is -0.481 e. The number of nitrogens with zero attached hydrogens (tertiary/aromatic N) is 1. The summed E-state index contributed by atoms with van der Waals surface area (Å²) in [6.45, 7) is 6.69. The molecule has 1 saturated heterocycles. The van der Waals surface area contributed by atoms with Crippen LogP contribution in [0.15, 0.2) is 0 Å². The summed E-state index contributed by atoms with van der Waals surface area (Å²) in [5.74, 6) is -0.461. The molecule has 0 aromatic carbocycles. The van der Waals surface area contributed by atoms with Crippen LogP contribution in [-0.2, 0) is 9.53 Å². The third kappa shape index (κ3) is 3.69. The van der Waals surface area contributed by atoms with Crippen LogP contribution in [0.3, 0.4) is 0 Å². The molecule has 1 unspecified atom stereocenters. The van der Waals surface area contributed by atoms with Gasteiger partial charge in [-0.3, -0.25) is 9.69 Å². The SMILES string of the molecule is COCC(CC(=O)O)(C(C)C)N1CCCCCC1. The van der Waals surface area contributed by atoms with E-state index < -0.39 is 5.97 Å². The third-order valence-corrected chi connectivity index (χ3v) is 4.16. The maximum atomic E-state index is 11.2. The Balaban J connectivity index is 2.93. The predicted octanol–water partition coefficient (Wildman–Crippen LogP) is 2.38. The van der Waals surface area contributed by atoms with Gasteiger partial charge in [-0.2, -0.15) is 0 Å². The molecule has 0 amide bonds. The van der Waals surface area contributed by atoms with Gasteiger partial charge in [-0.05, 0) is 31.8 Å². The van der Waals surface area contributed by atoms with Gasteiger partial charge in [0.25, 0.3) is 0 Å². The highest BCUT2D eigenvalue weighted by Crippen LogP contribution is 2.31. The highest BCUT2D eigenvalue weighted by atomic mass is 16.5. The Kier molecular flexibility index (Phi) is 6.09. The van der Waals surface area contributed by atoms with Crippen LogP contribution in [0.4, 0.5) is 0 Å². The van der Waals surface area contributed by atoms with Crippen molar-refractivity contribution in [2.24, 2.45) is 5.92 Å². The van der Waals surface area contributed by atoms with E-state index in [0.717, 1.165) is 25.9 Å². The lowest BCUT2D eigenvalue weighted by Crippen LogP contribution is -2.57. The third-order valence-electron chi connectivity index (χ3n) is 4.16. The Bertz CT molecular complexity index is 260. The summed E-state index contributed by atoms with van der Waals surface area (Å²) >= 11 is 0. The minimum absolute atomic E-state index is 0.165. The molecule has 106 valence electrons. The molecule has 1 N–H and O–H groups in total. The number of carboxylic acid groups (broad SMARTS) is 1. The van der Waals surface area contributed by atoms with Crippen LogP contribution >= 0.6 is 0 Å². The van der Waals surface area contributed by atoms with Gasteiger partial charge in [0.2, 0.25) is 0 Å². The van der Waals surface area contributed by atoms with E-state index in [2.05, 4.69) is 18.7 Å². The molecular weight excluding hydrogens is 230 g/mol. The van der Waals surface area contributed by atoms with E-state index in [0.29, 0.717) is 6.61 Å². The molecule has 0 aromatic rings. The van der Waals surface area contributed by atoms with E-state index in [1.54, 1.807) is 7.11 Å². The van der Waals surface area contributed by atoms with Crippen molar-refractivity contribution in [2.75, 3.05) is 26.8 Å². The van der Waals surface area contributed by atoms with E-state index in [4.69, 9.17) is 4.74 Å². The molecule has 1 aliphatic heterocycles. The summed E-state index contributed by atoms with van der Waals surface area (Å²) in [6.07, 6.45) is 5.00. The van der Waals surface area contributed by atoms with Crippen LogP contribution in [0.1, 0.15) is 46.0 Å². The Hall–Kier alpha value is -0.610. The van der Waals surface area contributed by atoms with Gasteiger partial charge in [0.1, 0.15) is 0 Å². The van der Waals surface area contributed by atoms with Crippen molar-refractivity contribution in [3.05, 3.63) is 0 Å². The molecule has 4 nitrogen and oxygen atoms in total. The number of ether oxygens (including phenoxy) is 1. The van der Waals surface area contributed by atoms with E-state index in [-0.39, 0.29) is 17.9 Å². The molecule has 18 heavy (non-hydrogen) atoms. The van der Waals surface area contributed by atoms with Crippen LogP contribution in [-0.4, -0.2) is 48.3 Å². The molecule has 1 heterocycles. The highest BCUT2D eigenvalue weighted by molar-refractivity contribution is 5.68. The molecule has 0 spiro atoms. The zero-order chi connectivity index (χ0) is 13.6. The molecule has 1 aliphatic rings. The molecule has 0 aliphatic carbocycles. The maximum Gasteiger partial charge on any atom is 0.305 e. The summed E-state index contributed by atoms with van der Waals surface area (Å²) in [5.41, 5.74) is -0.356. The first kappa shape index (κ1) is 15.4. The van der Waals surface area contributed by atoms with Crippen molar-refractivity contribution in [1.82, 2.24) is 4.90 Å². The Morgan fingerprint density at radius 3 is 2.22 bits per heavy atom. The van der Waals surface area contributed by atoms with Gasteiger partial charge in [0, 0.05) is 7.11 Å². The smallest absolute Gasteiger partial charge is 0.305 e. The first-order valence-electron chi connectivity index (χ1n) is 6.98. The van der Waals surface area contributed by atoms with Gasteiger partial charge < -0.3 is 9.84 Å². The second-order valence-corrected chi connectivity index (χ2v) is 5.66. The topological polar surface area (TPSA) is 49.8 Å². The molecule has 0 aromatic heterocycles. The van der Waals surface area contributed by atoms with Gasteiger partial charge in [-0.1, -0.05) is 26.7 Å². The molecule has 0 saturated carbocycles. The quantitative estimate of drug-likeness (QED) is 0.793. The fraction of sp³-hybridized carbons (Fsp3) is 0.929. The molecule has 0 radical (unpaired) electrons. The van der Waals surface area contributed by atoms with Gasteiger partial charge in [0.15, 0.2) is 0 Å². The van der Waals surface area contributed by atoms with Crippen molar-refractivity contribution in [1.29, 1.82) is 0 Å². The second-order valence-electron chi connectivity index (χ2n) is 5.66. The number of likely N-dealkylation sites (tertiary alicyclic amines) is 1. The number of rotatable bonds is 6. The number of hydrogen-bond acceptors (Lipinski definition) is 3. The van der Waals surface area contributed by atoms with Gasteiger partial charge in [0.05, 0.1) is 18.6 Å². The summed E-state index contributed by atoms with van der Waals surface area (Å²) in [7, 11) is 1.66. The molecular formula is C14H27NO3. The zero-order valence-electron chi connectivity index (χ0n) is 11.9. The standard InChI is InChI=1S/C14H27NO3/c1-12(2)14(11-18-3,10-13(16)17)15-8-6-4-5-7-9-15/h12H,4-11H2,1-3H3,(H,16,17). The van der Waals surface area contributed by atoms with Crippen LogP contribution in [0, 0.1) is 5.92 Å². The van der Waals surface area contributed by atoms with Crippen molar-refractivity contribution < 1.29 is 14.6 Å². The molecule has 1 atom stereocenters. The summed E-state index contributed by atoms with van der Waals surface area (Å²) in [6, 6.07) is 0. The lowest BCUT2D eigenvalue weighted by Gasteiger charge is -2.45. The monoisotopic (exact) mass is 257 g/mol. The fourth-order valence-electron chi connectivity index (χ4n) is 3.02. The van der Waals surface area contributed by atoms with E-state index >= 15 is 0 Å². The van der Waals surface area contributed by atoms with Crippen LogP contribution in [0.2, 0.25) is 0 Å². The molecule has 4 heteroatoms. The van der Waals surface area contributed by atoms with Crippen LogP contribution in [0.5, 0.6) is 0 Å². The van der Waals surface area contributed by atoms with Gasteiger partial charge in [-0.15, -0.1) is 0 Å². The molecule has 1 fully saturated rings. The van der Waals surface area contributed by atoms with E-state index in [9.17, 15) is 9.90 Å². The largest absolute Gasteiger partial charge is 0.481 e. The highest BCUT2D eigenvalue weighted by Gasteiger charge is 2.41. The predicted molar refractivity (Wildman–Crippen MR) is 71.7 cm³/mol. The van der Waals surface area contributed by atoms with E-state index in [1.165, 1.54) is 12.8 Å². The fourth-order valence-corrected chi connectivity index (χ4v) is 3.02. The first-order valence-corrected chi connectivity index (χ1v) is 6.98. The average Bonchev–Trinajstić information content (AvgIpc) is 2.56. The molecule has 1 rings (SSSR count). The number of hydrogen-bond donors (Lipinski definition) is 1. The minimum atomic E-state index is -0.731. The van der Waals surface area contributed by atoms with Crippen LogP contribution < -0.4 is 0 Å². The number of carboxylic acids is 1. The number of carbonyl (C=O) groups is 1. The number of methoxy groups -OCH3 is 1. The lowest BCUT2D eigenvalue weighted by atomic mass is 9.81. The summed E-state index contributed by atoms with van der Waals surface area (Å²) in [5, 5.41) is 9.24. The summed E-state index contributed by atoms with van der Waals surface area (Å²) in [4.78, 5) is 13.6. The average molecular weight is 257 g/mol. The van der Waals surface area contributed by atoms with Gasteiger partial charge >= 0.3 is 5.97 Å². The summed E-state index contributed by atoms with van der Waals surface area (Å²) < 4.78 is 5.36. The second kappa shape index (κ2) is 7.10. The van der Waals surface area contributed by atoms with Crippen LogP contribution in [0.25, 0.3) is 0 Å². The van der Waals surface area contributed by atoms with Crippen molar-refractivity contribution in [2.45, 2.75) is 51.5 Å². The lowest BCUT2D eigenvalue weighted by molar-refractivity contribution is -0.143. The van der Waals surface area contributed by atoms with Crippen molar-refractivity contribution >= 4 is 5.97 Å².